The number of hydrogen-bond acceptors (Lipinski definition) is 5. The summed E-state index contributed by atoms with van der Waals surface area (Å²) in [4.78, 5) is 25.1. The average Bonchev–Trinajstić information content (AvgIpc) is 2.60. The number of nitrogens with two attached hydrogens (primary N) is 1. The van der Waals surface area contributed by atoms with Gasteiger partial charge in [0, 0.05) is 5.92 Å². The van der Waals surface area contributed by atoms with Gasteiger partial charge in [0.2, 0.25) is 11.6 Å². The Bertz CT molecular complexity index is 453. The van der Waals surface area contributed by atoms with Crippen LogP contribution in [-0.2, 0) is 9.59 Å². The molecule has 1 aliphatic carbocycles. The minimum absolute atomic E-state index is 0.0461. The molecule has 0 radical (unpaired) electrons. The number of carbonyl (C=O) groups is 2. The molecule has 1 fully saturated rings. The number of aliphatic hydroxyl groups excluding tert-OH is 1. The Kier molecular flexibility index (Phi) is 9.42. The lowest BCUT2D eigenvalue weighted by molar-refractivity contribution is -0.147. The predicted octanol–water partition coefficient (Wildman–Crippen LogP) is 3.00. The van der Waals surface area contributed by atoms with Crippen molar-refractivity contribution in [2.24, 2.45) is 23.5 Å². The molecule has 26 heavy (non-hydrogen) atoms. The highest BCUT2D eigenvalue weighted by Crippen LogP contribution is 2.29. The van der Waals surface area contributed by atoms with Crippen molar-refractivity contribution in [3.8, 4) is 0 Å². The summed E-state index contributed by atoms with van der Waals surface area (Å²) in [5.41, 5.74) is 4.00. The average molecular weight is 370 g/mol. The Labute approximate surface area is 158 Å². The lowest BCUT2D eigenvalue weighted by Gasteiger charge is -2.32. The van der Waals surface area contributed by atoms with Gasteiger partial charge in [0.15, 0.2) is 0 Å². The largest absolute Gasteiger partial charge is 0.390 e. The van der Waals surface area contributed by atoms with Crippen LogP contribution in [0.2, 0.25) is 0 Å². The van der Waals surface area contributed by atoms with Crippen LogP contribution in [0.15, 0.2) is 0 Å². The van der Waals surface area contributed by atoms with Crippen molar-refractivity contribution in [3.05, 3.63) is 0 Å². The Balaban J connectivity index is 2.56. The molecule has 4 N–H and O–H groups in total. The molecular formula is C21H39NO4. The number of Topliss-reactive ketones (excluding diaryl/α,β-unsaturated/α-hetero) is 2. The summed E-state index contributed by atoms with van der Waals surface area (Å²) in [6.07, 6.45) is 9.42. The molecule has 0 aromatic carbocycles. The second-order valence-electron chi connectivity index (χ2n) is 8.75. The molecule has 5 heteroatoms. The maximum absolute atomic E-state index is 12.7. The fraction of sp³-hybridized carbons (Fsp3) is 0.905. The molecule has 1 aliphatic rings. The van der Waals surface area contributed by atoms with Crippen LogP contribution in [0.5, 0.6) is 0 Å². The first-order valence-corrected chi connectivity index (χ1v) is 10.3. The minimum Gasteiger partial charge on any atom is -0.390 e. The highest BCUT2D eigenvalue weighted by Gasteiger charge is 2.42. The van der Waals surface area contributed by atoms with Crippen LogP contribution in [0, 0.1) is 17.8 Å². The van der Waals surface area contributed by atoms with Crippen molar-refractivity contribution in [2.45, 2.75) is 103 Å². The Morgan fingerprint density at radius 1 is 1.08 bits per heavy atom. The number of rotatable bonds is 11. The van der Waals surface area contributed by atoms with Crippen LogP contribution in [0.3, 0.4) is 0 Å². The van der Waals surface area contributed by atoms with Gasteiger partial charge >= 0.3 is 0 Å². The van der Waals surface area contributed by atoms with Gasteiger partial charge in [-0.15, -0.1) is 0 Å². The van der Waals surface area contributed by atoms with Gasteiger partial charge in [-0.25, -0.2) is 0 Å². The molecule has 0 amide bonds. The molecule has 5 nitrogen and oxygen atoms in total. The molecule has 0 bridgehead atoms. The molecule has 0 aromatic heterocycles. The first-order valence-electron chi connectivity index (χ1n) is 10.3. The molecule has 0 aliphatic heterocycles. The topological polar surface area (TPSA) is 101 Å². The summed E-state index contributed by atoms with van der Waals surface area (Å²) < 4.78 is 0. The normalized spacial score (nSPS) is 21.8. The smallest absolute Gasteiger partial charge is 0.218 e. The maximum atomic E-state index is 12.7. The van der Waals surface area contributed by atoms with Crippen LogP contribution in [0.25, 0.3) is 0 Å². The van der Waals surface area contributed by atoms with E-state index < -0.39 is 29.3 Å². The fourth-order valence-corrected chi connectivity index (χ4v) is 3.90. The van der Waals surface area contributed by atoms with Crippen LogP contribution < -0.4 is 5.73 Å². The summed E-state index contributed by atoms with van der Waals surface area (Å²) >= 11 is 0. The van der Waals surface area contributed by atoms with Gasteiger partial charge in [-0.2, -0.15) is 0 Å². The van der Waals surface area contributed by atoms with Crippen LogP contribution in [0.1, 0.15) is 85.5 Å². The molecule has 1 rings (SSSR count). The monoisotopic (exact) mass is 369 g/mol. The summed E-state index contributed by atoms with van der Waals surface area (Å²) in [6, 6.07) is -1.40. The zero-order valence-electron chi connectivity index (χ0n) is 17.0. The van der Waals surface area contributed by atoms with Crippen LogP contribution in [0.4, 0.5) is 0 Å². The predicted molar refractivity (Wildman–Crippen MR) is 104 cm³/mol. The van der Waals surface area contributed by atoms with E-state index in [0.717, 1.165) is 18.8 Å². The van der Waals surface area contributed by atoms with Crippen molar-refractivity contribution in [1.82, 2.24) is 0 Å². The zero-order chi connectivity index (χ0) is 19.9. The lowest BCUT2D eigenvalue weighted by atomic mass is 9.79. The summed E-state index contributed by atoms with van der Waals surface area (Å²) in [6.45, 7) is 6.54. The Morgan fingerprint density at radius 2 is 1.65 bits per heavy atom. The van der Waals surface area contributed by atoms with E-state index in [2.05, 4.69) is 0 Å². The summed E-state index contributed by atoms with van der Waals surface area (Å²) in [7, 11) is 0. The van der Waals surface area contributed by atoms with Gasteiger partial charge in [0.1, 0.15) is 11.6 Å². The van der Waals surface area contributed by atoms with Gasteiger partial charge in [-0.1, -0.05) is 65.2 Å². The van der Waals surface area contributed by atoms with E-state index in [0.29, 0.717) is 6.42 Å². The highest BCUT2D eigenvalue weighted by molar-refractivity contribution is 6.40. The van der Waals surface area contributed by atoms with Gasteiger partial charge in [-0.3, -0.25) is 9.59 Å². The van der Waals surface area contributed by atoms with E-state index >= 15 is 0 Å². The third kappa shape index (κ3) is 6.43. The van der Waals surface area contributed by atoms with Crippen molar-refractivity contribution in [1.29, 1.82) is 0 Å². The van der Waals surface area contributed by atoms with E-state index in [1.54, 1.807) is 0 Å². The minimum atomic E-state index is -1.81. The first-order chi connectivity index (χ1) is 12.1. The molecule has 0 heterocycles. The summed E-state index contributed by atoms with van der Waals surface area (Å²) in [5.74, 6) is -0.782. The van der Waals surface area contributed by atoms with Gasteiger partial charge < -0.3 is 15.9 Å². The number of unbranched alkanes of at least 4 members (excludes halogenated alkanes) is 1. The Morgan fingerprint density at radius 3 is 2.15 bits per heavy atom. The molecule has 0 unspecified atom stereocenters. The first kappa shape index (κ1) is 23.3. The SMILES string of the molecule is CC(C)[C@@H](CCCCC1CCCCC1)C(=O)C(=O)[C@@H](N)[C@@](C)(O)[C@@H](C)O. The maximum Gasteiger partial charge on any atom is 0.218 e. The summed E-state index contributed by atoms with van der Waals surface area (Å²) in [5, 5.41) is 19.8. The van der Waals surface area contributed by atoms with Crippen molar-refractivity contribution in [3.63, 3.8) is 0 Å². The van der Waals surface area contributed by atoms with E-state index in [4.69, 9.17) is 5.73 Å². The lowest BCUT2D eigenvalue weighted by Crippen LogP contribution is -2.59. The van der Waals surface area contributed by atoms with Gasteiger partial charge in [0.05, 0.1) is 6.10 Å². The second-order valence-corrected chi connectivity index (χ2v) is 8.75. The molecular weight excluding hydrogens is 330 g/mol. The second kappa shape index (κ2) is 10.5. The zero-order valence-corrected chi connectivity index (χ0v) is 17.0. The van der Waals surface area contributed by atoms with Crippen LogP contribution >= 0.6 is 0 Å². The van der Waals surface area contributed by atoms with Crippen molar-refractivity contribution >= 4 is 11.6 Å². The van der Waals surface area contributed by atoms with Gasteiger partial charge in [0.25, 0.3) is 0 Å². The number of hydrogen-bond donors (Lipinski definition) is 3. The standard InChI is InChI=1S/C21H39NO4/c1-14(2)17(13-9-8-12-16-10-6-5-7-11-16)18(24)19(25)20(22)21(4,26)15(3)23/h14-17,20,23,26H,5-13,22H2,1-4H3/t15-,17-,20-,21+/m1/s1. The Hall–Kier alpha value is -0.780. The third-order valence-corrected chi connectivity index (χ3v) is 6.24. The quantitative estimate of drug-likeness (QED) is 0.384. The molecule has 0 spiro atoms. The van der Waals surface area contributed by atoms with E-state index in [1.165, 1.54) is 52.4 Å². The number of carbonyl (C=O) groups excluding carboxylic acids is 2. The molecule has 1 saturated carbocycles. The van der Waals surface area contributed by atoms with Gasteiger partial charge in [-0.05, 0) is 32.1 Å². The van der Waals surface area contributed by atoms with Crippen molar-refractivity contribution < 1.29 is 19.8 Å². The molecule has 152 valence electrons. The fourth-order valence-electron chi connectivity index (χ4n) is 3.90. The highest BCUT2D eigenvalue weighted by atomic mass is 16.3. The van der Waals surface area contributed by atoms with Crippen LogP contribution in [-0.4, -0.2) is 39.5 Å². The van der Waals surface area contributed by atoms with E-state index in [9.17, 15) is 19.8 Å². The van der Waals surface area contributed by atoms with E-state index in [1.807, 2.05) is 13.8 Å². The molecule has 0 aromatic rings. The number of ketones is 2. The van der Waals surface area contributed by atoms with E-state index in [-0.39, 0.29) is 11.8 Å². The molecule has 4 atom stereocenters. The third-order valence-electron chi connectivity index (χ3n) is 6.24. The number of aliphatic hydroxyl groups is 2. The molecule has 0 saturated heterocycles. The van der Waals surface area contributed by atoms with Crippen molar-refractivity contribution in [2.75, 3.05) is 0 Å².